The molecule has 73 heavy (non-hydrogen) atoms. The molecule has 4 heterocycles. The molecule has 8 aromatic carbocycles. The first kappa shape index (κ1) is 45.9. The topological polar surface area (TPSA) is 69.4 Å². The van der Waals surface area contributed by atoms with Crippen LogP contribution < -0.4 is 25.9 Å². The lowest BCUT2D eigenvalue weighted by Crippen LogP contribution is -2.57. The van der Waals surface area contributed by atoms with E-state index >= 15 is 0 Å². The van der Waals surface area contributed by atoms with Gasteiger partial charge < -0.3 is 14.6 Å². The van der Waals surface area contributed by atoms with E-state index in [4.69, 9.17) is 19.4 Å². The summed E-state index contributed by atoms with van der Waals surface area (Å²) in [7, 11) is 0. The van der Waals surface area contributed by atoms with Crippen molar-refractivity contribution in [2.75, 3.05) is 0 Å². The van der Waals surface area contributed by atoms with Gasteiger partial charge in [-0.05, 0) is 110 Å². The van der Waals surface area contributed by atoms with Crippen LogP contribution in [-0.4, -0.2) is 26.4 Å². The molecule has 0 saturated carbocycles. The number of hydrogen-bond acceptors (Lipinski definition) is 5. The van der Waals surface area contributed by atoms with Gasteiger partial charge in [0, 0.05) is 39.5 Å². The third-order valence-electron chi connectivity index (χ3n) is 14.8. The highest BCUT2D eigenvalue weighted by atomic mass is 16.5. The summed E-state index contributed by atoms with van der Waals surface area (Å²) < 4.78 is 16.6. The van der Waals surface area contributed by atoms with Gasteiger partial charge in [0.05, 0.1) is 28.0 Å². The molecule has 0 fully saturated rings. The molecule has 2 aromatic heterocycles. The largest absolute Gasteiger partial charge is 0.507 e. The molecule has 0 spiro atoms. The van der Waals surface area contributed by atoms with Crippen LogP contribution in [0.1, 0.15) is 79.0 Å². The fourth-order valence-electron chi connectivity index (χ4n) is 10.8. The van der Waals surface area contributed by atoms with Gasteiger partial charge in [0.25, 0.3) is 6.71 Å². The van der Waals surface area contributed by atoms with Crippen LogP contribution in [0.4, 0.5) is 0 Å². The molecule has 0 unspecified atom stereocenters. The second kappa shape index (κ2) is 17.0. The van der Waals surface area contributed by atoms with Crippen molar-refractivity contribution < 1.29 is 14.6 Å². The molecule has 1 N–H and O–H groups in total. The van der Waals surface area contributed by atoms with Crippen LogP contribution in [0, 0.1) is 0 Å². The summed E-state index contributed by atoms with van der Waals surface area (Å²) in [6.45, 7) is 19.8. The number of ether oxygens (including phenoxy) is 2. The van der Waals surface area contributed by atoms with Gasteiger partial charge in [-0.25, -0.2) is 4.98 Å². The molecule has 7 heteroatoms. The first-order valence-corrected chi connectivity index (χ1v) is 25.4. The number of phenolic OH excluding ortho intramolecular Hbond substituents is 1. The highest BCUT2D eigenvalue weighted by molar-refractivity contribution is 6.98. The summed E-state index contributed by atoms with van der Waals surface area (Å²) in [6.07, 6.45) is 1.89. The van der Waals surface area contributed by atoms with Crippen molar-refractivity contribution in [2.24, 2.45) is 0 Å². The van der Waals surface area contributed by atoms with Crippen LogP contribution in [0.25, 0.3) is 72.7 Å². The Bertz CT molecular complexity index is 3810. The molecule has 358 valence electrons. The fourth-order valence-corrected chi connectivity index (χ4v) is 10.8. The fraction of sp³-hybridized carbons (Fsp3) is 0.182. The Balaban J connectivity index is 1.21. The highest BCUT2D eigenvalue weighted by Crippen LogP contribution is 2.50. The predicted molar refractivity (Wildman–Crippen MR) is 301 cm³/mol. The zero-order chi connectivity index (χ0) is 50.6. The van der Waals surface area contributed by atoms with Crippen LogP contribution >= 0.6 is 0 Å². The maximum absolute atomic E-state index is 12.8. The number of fused-ring (bicyclic) bond motifs is 5. The minimum atomic E-state index is -0.370. The normalized spacial score (nSPS) is 13.0. The molecule has 2 aliphatic rings. The Morgan fingerprint density at radius 3 is 1.73 bits per heavy atom. The van der Waals surface area contributed by atoms with Crippen LogP contribution in [0.2, 0.25) is 0 Å². The Kier molecular flexibility index (Phi) is 10.7. The van der Waals surface area contributed by atoms with Crippen molar-refractivity contribution in [3.05, 3.63) is 199 Å². The summed E-state index contributed by atoms with van der Waals surface area (Å²) in [5.74, 6) is 3.90. The van der Waals surface area contributed by atoms with Gasteiger partial charge in [0.2, 0.25) is 0 Å². The van der Waals surface area contributed by atoms with E-state index in [0.29, 0.717) is 17.1 Å². The van der Waals surface area contributed by atoms with E-state index in [1.807, 2.05) is 24.4 Å². The number of para-hydroxylation sites is 3. The van der Waals surface area contributed by atoms with E-state index in [2.05, 4.69) is 225 Å². The van der Waals surface area contributed by atoms with Crippen molar-refractivity contribution in [2.45, 2.75) is 78.6 Å². The quantitative estimate of drug-likeness (QED) is 0.168. The lowest BCUT2D eigenvalue weighted by Gasteiger charge is -2.35. The van der Waals surface area contributed by atoms with Crippen molar-refractivity contribution in [1.29, 1.82) is 0 Å². The number of aromatic hydroxyl groups is 1. The van der Waals surface area contributed by atoms with Gasteiger partial charge in [0.15, 0.2) is 0 Å². The Morgan fingerprint density at radius 1 is 0.479 bits per heavy atom. The maximum Gasteiger partial charge on any atom is 0.260 e. The molecule has 2 aliphatic heterocycles. The number of phenols is 1. The molecule has 0 saturated heterocycles. The zero-order valence-electron chi connectivity index (χ0n) is 43.0. The monoisotopic (exact) mass is 951 g/mol. The summed E-state index contributed by atoms with van der Waals surface area (Å²) in [5, 5.41) is 12.8. The van der Waals surface area contributed by atoms with Crippen LogP contribution in [0.15, 0.2) is 182 Å². The maximum atomic E-state index is 12.8. The number of aromatic nitrogens is 3. The number of imidazole rings is 1. The third-order valence-corrected chi connectivity index (χ3v) is 14.8. The molecule has 12 rings (SSSR count). The number of hydrogen-bond donors (Lipinski definition) is 1. The second-order valence-corrected chi connectivity index (χ2v) is 22.8. The molecule has 0 aliphatic carbocycles. The first-order chi connectivity index (χ1) is 35.0. The molecule has 0 bridgehead atoms. The SMILES string of the molecule is CC(C)(C)c1ccc(-n2c(-c3cc(C(C)(C)C)cc(C(C)(C)C)c3O)nc3c(-c4cc(-c5cc(-c6ccccc6)ccn5)c5c6c4Oc4ccccc4B6c4ccccc4O5)cccc32)c(-c2ccccc2)c1. The zero-order valence-corrected chi connectivity index (χ0v) is 43.0. The average molecular weight is 952 g/mol. The molecule has 10 aromatic rings. The molecule has 0 amide bonds. The van der Waals surface area contributed by atoms with Gasteiger partial charge in [-0.3, -0.25) is 9.55 Å². The van der Waals surface area contributed by atoms with E-state index in [1.54, 1.807) is 0 Å². The van der Waals surface area contributed by atoms with E-state index < -0.39 is 0 Å². The van der Waals surface area contributed by atoms with Crippen molar-refractivity contribution >= 4 is 34.1 Å². The van der Waals surface area contributed by atoms with Gasteiger partial charge >= 0.3 is 0 Å². The second-order valence-electron chi connectivity index (χ2n) is 22.8. The van der Waals surface area contributed by atoms with Crippen LogP contribution in [0.5, 0.6) is 28.7 Å². The smallest absolute Gasteiger partial charge is 0.260 e. The van der Waals surface area contributed by atoms with Gasteiger partial charge in [-0.2, -0.15) is 0 Å². The van der Waals surface area contributed by atoms with Gasteiger partial charge in [-0.1, -0.05) is 184 Å². The third kappa shape index (κ3) is 7.81. The Morgan fingerprint density at radius 2 is 1.08 bits per heavy atom. The van der Waals surface area contributed by atoms with E-state index in [-0.39, 0.29) is 28.7 Å². The minimum absolute atomic E-state index is 0.113. The van der Waals surface area contributed by atoms with Gasteiger partial charge in [0.1, 0.15) is 34.6 Å². The summed E-state index contributed by atoms with van der Waals surface area (Å²) in [5.41, 5.74) is 16.5. The highest BCUT2D eigenvalue weighted by Gasteiger charge is 2.43. The van der Waals surface area contributed by atoms with Crippen LogP contribution in [0.3, 0.4) is 0 Å². The lowest BCUT2D eigenvalue weighted by atomic mass is 9.34. The summed E-state index contributed by atoms with van der Waals surface area (Å²) in [6, 6.07) is 61.7. The number of benzene rings is 8. The first-order valence-electron chi connectivity index (χ1n) is 25.4. The number of pyridine rings is 1. The predicted octanol–water partition coefficient (Wildman–Crippen LogP) is 15.1. The summed E-state index contributed by atoms with van der Waals surface area (Å²) in [4.78, 5) is 10.9. The molecule has 6 nitrogen and oxygen atoms in total. The Hall–Kier alpha value is -8.16. The van der Waals surface area contributed by atoms with E-state index in [0.717, 1.165) is 106 Å². The van der Waals surface area contributed by atoms with Crippen molar-refractivity contribution in [3.8, 4) is 90.5 Å². The minimum Gasteiger partial charge on any atom is -0.507 e. The van der Waals surface area contributed by atoms with Crippen molar-refractivity contribution in [3.63, 3.8) is 0 Å². The van der Waals surface area contributed by atoms with Gasteiger partial charge in [-0.15, -0.1) is 0 Å². The standard InChI is InChI=1S/C66H58BN3O3/c1-64(2,3)43-31-32-54(46(36-43)41-23-14-11-15-24-41)70-55-28-20-25-45(59(55)69-63(70)49-37-44(65(4,5)6)38-50(60(49)71)66(7,8)9)47-39-48(53-35-42(33-34-68-53)40-21-12-10-13-22-40)62-58-61(47)72-56-29-18-16-26-51(56)67(58)52-27-17-19-30-57(52)73-62/h10-39,71H,1-9H3. The van der Waals surface area contributed by atoms with Crippen LogP contribution in [-0.2, 0) is 16.2 Å². The Labute approximate surface area is 429 Å². The number of rotatable bonds is 6. The van der Waals surface area contributed by atoms with E-state index in [1.165, 1.54) is 5.56 Å². The molecule has 0 atom stereocenters. The van der Waals surface area contributed by atoms with E-state index in [9.17, 15) is 5.11 Å². The lowest BCUT2D eigenvalue weighted by molar-refractivity contribution is 0.446. The number of nitrogens with zero attached hydrogens (tertiary/aromatic N) is 3. The van der Waals surface area contributed by atoms with Crippen molar-refractivity contribution in [1.82, 2.24) is 14.5 Å². The molecular formula is C66H58BN3O3. The summed E-state index contributed by atoms with van der Waals surface area (Å²) >= 11 is 0. The average Bonchev–Trinajstić information content (AvgIpc) is 3.77. The molecule has 0 radical (unpaired) electrons. The molecular weight excluding hydrogens is 894 g/mol.